The van der Waals surface area contributed by atoms with Crippen molar-refractivity contribution < 1.29 is 14.3 Å². The average Bonchev–Trinajstić information content (AvgIpc) is 2.88. The first-order valence-corrected chi connectivity index (χ1v) is 8.95. The molecule has 3 nitrogen and oxygen atoms in total. The maximum atomic E-state index is 12.0. The normalized spacial score (nSPS) is 31.4. The summed E-state index contributed by atoms with van der Waals surface area (Å²) in [6.07, 6.45) is 18.9. The van der Waals surface area contributed by atoms with Crippen molar-refractivity contribution in [3.8, 4) is 0 Å². The molecule has 0 aromatic rings. The molecule has 0 saturated carbocycles. The van der Waals surface area contributed by atoms with Crippen molar-refractivity contribution in [2.45, 2.75) is 64.4 Å². The van der Waals surface area contributed by atoms with Crippen molar-refractivity contribution in [1.29, 1.82) is 0 Å². The van der Waals surface area contributed by atoms with Crippen LogP contribution in [-0.2, 0) is 14.3 Å². The second kappa shape index (κ2) is 9.49. The van der Waals surface area contributed by atoms with Gasteiger partial charge in [-0.1, -0.05) is 44.1 Å². The molecule has 0 aromatic heterocycles. The van der Waals surface area contributed by atoms with E-state index in [0.29, 0.717) is 6.42 Å². The summed E-state index contributed by atoms with van der Waals surface area (Å²) in [7, 11) is 0. The van der Waals surface area contributed by atoms with E-state index in [4.69, 9.17) is 4.74 Å². The van der Waals surface area contributed by atoms with Crippen molar-refractivity contribution in [2.75, 3.05) is 0 Å². The summed E-state index contributed by atoms with van der Waals surface area (Å²) in [5.41, 5.74) is 0. The predicted octanol–water partition coefficient (Wildman–Crippen LogP) is 4.54. The molecular weight excluding hydrogens is 288 g/mol. The van der Waals surface area contributed by atoms with Crippen LogP contribution in [-0.4, -0.2) is 17.9 Å². The van der Waals surface area contributed by atoms with Gasteiger partial charge in [0.05, 0.1) is 0 Å². The van der Waals surface area contributed by atoms with Crippen LogP contribution in [0.5, 0.6) is 0 Å². The number of ketones is 1. The van der Waals surface area contributed by atoms with Crippen LogP contribution in [0, 0.1) is 11.8 Å². The van der Waals surface area contributed by atoms with Gasteiger partial charge in [0.15, 0.2) is 5.78 Å². The van der Waals surface area contributed by atoms with Gasteiger partial charge in [-0.3, -0.25) is 9.59 Å². The minimum atomic E-state index is -0.160. The van der Waals surface area contributed by atoms with Crippen LogP contribution in [0.25, 0.3) is 0 Å². The van der Waals surface area contributed by atoms with Crippen LogP contribution in [0.2, 0.25) is 0 Å². The molecule has 1 aliphatic carbocycles. The summed E-state index contributed by atoms with van der Waals surface area (Å²) < 4.78 is 5.63. The van der Waals surface area contributed by atoms with Crippen LogP contribution in [0.1, 0.15) is 58.3 Å². The number of allylic oxidation sites excluding steroid dienone is 5. The molecule has 0 spiro atoms. The van der Waals surface area contributed by atoms with Crippen LogP contribution in [0.4, 0.5) is 0 Å². The third kappa shape index (κ3) is 5.81. The second-order valence-electron chi connectivity index (χ2n) is 6.45. The molecule has 0 bridgehead atoms. The lowest BCUT2D eigenvalue weighted by Gasteiger charge is -2.16. The summed E-state index contributed by atoms with van der Waals surface area (Å²) in [6.45, 7) is 2.17. The zero-order chi connectivity index (χ0) is 16.5. The van der Waals surface area contributed by atoms with E-state index in [-0.39, 0.29) is 29.7 Å². The number of hydrogen-bond donors (Lipinski definition) is 0. The molecule has 3 atom stereocenters. The molecule has 0 radical (unpaired) electrons. The highest BCUT2D eigenvalue weighted by atomic mass is 16.5. The molecular formula is C20H28O3. The van der Waals surface area contributed by atoms with Crippen LogP contribution >= 0.6 is 0 Å². The summed E-state index contributed by atoms with van der Waals surface area (Å²) in [4.78, 5) is 24.0. The smallest absolute Gasteiger partial charge is 0.306 e. The first-order chi connectivity index (χ1) is 11.2. The average molecular weight is 316 g/mol. The Labute approximate surface area is 139 Å². The number of fused-ring (bicyclic) bond motifs is 1. The number of hydrogen-bond acceptors (Lipinski definition) is 3. The van der Waals surface area contributed by atoms with E-state index in [1.807, 2.05) is 12.2 Å². The van der Waals surface area contributed by atoms with Crippen molar-refractivity contribution >= 4 is 11.8 Å². The van der Waals surface area contributed by atoms with Crippen molar-refractivity contribution in [3.63, 3.8) is 0 Å². The fourth-order valence-electron chi connectivity index (χ4n) is 3.12. The van der Waals surface area contributed by atoms with E-state index in [2.05, 4.69) is 25.2 Å². The highest BCUT2D eigenvalue weighted by Gasteiger charge is 2.27. The van der Waals surface area contributed by atoms with E-state index < -0.39 is 0 Å². The van der Waals surface area contributed by atoms with Gasteiger partial charge in [0, 0.05) is 18.3 Å². The van der Waals surface area contributed by atoms with Crippen molar-refractivity contribution in [3.05, 3.63) is 36.5 Å². The summed E-state index contributed by atoms with van der Waals surface area (Å²) in [5, 5.41) is 0. The lowest BCUT2D eigenvalue weighted by molar-refractivity contribution is -0.147. The van der Waals surface area contributed by atoms with Crippen molar-refractivity contribution in [1.82, 2.24) is 0 Å². The number of carbonyl (C=O) groups is 2. The largest absolute Gasteiger partial charge is 0.458 e. The van der Waals surface area contributed by atoms with Crippen LogP contribution < -0.4 is 0 Å². The molecule has 1 unspecified atom stereocenters. The Kier molecular flexibility index (Phi) is 7.31. The zero-order valence-electron chi connectivity index (χ0n) is 14.1. The van der Waals surface area contributed by atoms with E-state index in [9.17, 15) is 9.59 Å². The molecule has 0 amide bonds. The SMILES string of the molecule is CCCCC[C@@H]1/C=C\C2C=CC(=O)[C@@H]2C/C=C\CCCC(=O)O1. The maximum absolute atomic E-state index is 12.0. The van der Waals surface area contributed by atoms with Crippen LogP contribution in [0.3, 0.4) is 0 Å². The summed E-state index contributed by atoms with van der Waals surface area (Å²) in [6, 6.07) is 0. The Morgan fingerprint density at radius 3 is 2.83 bits per heavy atom. The lowest BCUT2D eigenvalue weighted by Crippen LogP contribution is -2.17. The van der Waals surface area contributed by atoms with Gasteiger partial charge in [-0.2, -0.15) is 0 Å². The number of cyclic esters (lactones) is 1. The second-order valence-corrected chi connectivity index (χ2v) is 6.45. The molecule has 0 saturated heterocycles. The maximum Gasteiger partial charge on any atom is 0.306 e. The molecule has 3 heteroatoms. The highest BCUT2D eigenvalue weighted by molar-refractivity contribution is 5.95. The predicted molar refractivity (Wildman–Crippen MR) is 91.9 cm³/mol. The first-order valence-electron chi connectivity index (χ1n) is 8.95. The van der Waals surface area contributed by atoms with Gasteiger partial charge in [0.25, 0.3) is 0 Å². The fraction of sp³-hybridized carbons (Fsp3) is 0.600. The van der Waals surface area contributed by atoms with Gasteiger partial charge >= 0.3 is 5.97 Å². The molecule has 1 aliphatic heterocycles. The van der Waals surface area contributed by atoms with E-state index >= 15 is 0 Å². The Hall–Kier alpha value is -1.64. The third-order valence-electron chi connectivity index (χ3n) is 4.54. The zero-order valence-corrected chi connectivity index (χ0v) is 14.1. The monoisotopic (exact) mass is 316 g/mol. The number of unbranched alkanes of at least 4 members (excludes halogenated alkanes) is 2. The first kappa shape index (κ1) is 17.7. The molecule has 0 fully saturated rings. The van der Waals surface area contributed by atoms with E-state index in [1.54, 1.807) is 6.08 Å². The quantitative estimate of drug-likeness (QED) is 0.434. The summed E-state index contributed by atoms with van der Waals surface area (Å²) in [5.74, 6) is 0.229. The molecule has 126 valence electrons. The Balaban J connectivity index is 2.07. The highest BCUT2D eigenvalue weighted by Crippen LogP contribution is 2.28. The lowest BCUT2D eigenvalue weighted by atomic mass is 9.90. The van der Waals surface area contributed by atoms with Gasteiger partial charge in [0.1, 0.15) is 6.10 Å². The molecule has 1 heterocycles. The third-order valence-corrected chi connectivity index (χ3v) is 4.54. The van der Waals surface area contributed by atoms with Gasteiger partial charge in [-0.25, -0.2) is 0 Å². The summed E-state index contributed by atoms with van der Waals surface area (Å²) >= 11 is 0. The molecule has 2 rings (SSSR count). The topological polar surface area (TPSA) is 43.4 Å². The molecule has 2 aliphatic rings. The van der Waals surface area contributed by atoms with Crippen molar-refractivity contribution in [2.24, 2.45) is 11.8 Å². The molecule has 0 aromatic carbocycles. The van der Waals surface area contributed by atoms with Gasteiger partial charge in [-0.05, 0) is 44.3 Å². The Morgan fingerprint density at radius 2 is 2.00 bits per heavy atom. The van der Waals surface area contributed by atoms with Gasteiger partial charge in [-0.15, -0.1) is 0 Å². The van der Waals surface area contributed by atoms with Gasteiger partial charge < -0.3 is 4.74 Å². The van der Waals surface area contributed by atoms with Crippen LogP contribution in [0.15, 0.2) is 36.5 Å². The number of carbonyl (C=O) groups excluding carboxylic acids is 2. The van der Waals surface area contributed by atoms with E-state index in [0.717, 1.165) is 44.9 Å². The van der Waals surface area contributed by atoms with Gasteiger partial charge in [0.2, 0.25) is 0 Å². The fourth-order valence-corrected chi connectivity index (χ4v) is 3.12. The number of esters is 1. The molecule has 0 N–H and O–H groups in total. The minimum Gasteiger partial charge on any atom is -0.458 e. The molecule has 23 heavy (non-hydrogen) atoms. The number of rotatable bonds is 4. The Morgan fingerprint density at radius 1 is 1.13 bits per heavy atom. The standard InChI is InChI=1S/C20H28O3/c1-2-3-6-9-17-14-12-16-13-15-19(21)18(16)10-7-4-5-8-11-20(22)23-17/h4,7,12-18H,2-3,5-6,8-11H2,1H3/b7-4-,14-12-/t16?,17-,18-/m1/s1. The Bertz CT molecular complexity index is 487. The number of ether oxygens (including phenoxy) is 1. The minimum absolute atomic E-state index is 0.00949. The van der Waals surface area contributed by atoms with E-state index in [1.165, 1.54) is 0 Å².